The van der Waals surface area contributed by atoms with Gasteiger partial charge in [-0.15, -0.1) is 0 Å². The van der Waals surface area contributed by atoms with Gasteiger partial charge in [0, 0.05) is 11.5 Å². The number of nitrogens with zero attached hydrogens (tertiary/aromatic N) is 2. The maximum atomic E-state index is 13.7. The first-order chi connectivity index (χ1) is 9.54. The minimum Gasteiger partial charge on any atom is -0.228 e. The van der Waals surface area contributed by atoms with E-state index in [2.05, 4.69) is 9.97 Å². The molecule has 0 saturated carbocycles. The molecule has 100 valence electrons. The minimum atomic E-state index is -0.789. The number of aromatic nitrogens is 2. The van der Waals surface area contributed by atoms with Crippen LogP contribution < -0.4 is 0 Å². The zero-order valence-electron chi connectivity index (χ0n) is 9.87. The zero-order chi connectivity index (χ0) is 14.3. The van der Waals surface area contributed by atoms with Crippen LogP contribution in [-0.2, 0) is 0 Å². The fourth-order valence-corrected chi connectivity index (χ4v) is 2.09. The summed E-state index contributed by atoms with van der Waals surface area (Å²) in [5, 5.41) is 0.339. The van der Waals surface area contributed by atoms with Crippen molar-refractivity contribution in [2.75, 3.05) is 0 Å². The van der Waals surface area contributed by atoms with Crippen LogP contribution in [0.1, 0.15) is 0 Å². The summed E-state index contributed by atoms with van der Waals surface area (Å²) in [7, 11) is 0. The highest BCUT2D eigenvalue weighted by atomic mass is 35.5. The molecule has 0 aliphatic carbocycles. The van der Waals surface area contributed by atoms with Crippen molar-refractivity contribution in [1.29, 1.82) is 0 Å². The van der Waals surface area contributed by atoms with E-state index in [1.54, 1.807) is 0 Å². The van der Waals surface area contributed by atoms with Gasteiger partial charge in [0.05, 0.1) is 11.1 Å². The van der Waals surface area contributed by atoms with E-state index in [9.17, 15) is 13.2 Å². The van der Waals surface area contributed by atoms with Gasteiger partial charge in [0.15, 0.2) is 5.82 Å². The second kappa shape index (κ2) is 4.76. The van der Waals surface area contributed by atoms with E-state index in [1.807, 2.05) is 0 Å². The quantitative estimate of drug-likeness (QED) is 0.623. The third-order valence-corrected chi connectivity index (χ3v) is 3.07. The topological polar surface area (TPSA) is 25.8 Å². The first-order valence-electron chi connectivity index (χ1n) is 5.63. The maximum absolute atomic E-state index is 13.7. The van der Waals surface area contributed by atoms with Crippen LogP contribution in [0, 0.1) is 17.5 Å². The van der Waals surface area contributed by atoms with E-state index in [0.29, 0.717) is 10.9 Å². The van der Waals surface area contributed by atoms with Gasteiger partial charge >= 0.3 is 0 Å². The molecule has 2 aromatic carbocycles. The van der Waals surface area contributed by atoms with Crippen molar-refractivity contribution in [3.63, 3.8) is 0 Å². The van der Waals surface area contributed by atoms with Crippen molar-refractivity contribution in [2.45, 2.75) is 0 Å². The Morgan fingerprint density at radius 2 is 1.55 bits per heavy atom. The van der Waals surface area contributed by atoms with E-state index in [0.717, 1.165) is 12.1 Å². The predicted molar refractivity (Wildman–Crippen MR) is 69.9 cm³/mol. The Hall–Kier alpha value is -2.14. The molecule has 0 unspecified atom stereocenters. The van der Waals surface area contributed by atoms with Gasteiger partial charge < -0.3 is 0 Å². The summed E-state index contributed by atoms with van der Waals surface area (Å²) in [6.07, 6.45) is 0. The van der Waals surface area contributed by atoms with Crippen LogP contribution in [-0.4, -0.2) is 9.97 Å². The number of halogens is 4. The highest BCUT2D eigenvalue weighted by Gasteiger charge is 2.13. The van der Waals surface area contributed by atoms with E-state index in [4.69, 9.17) is 11.6 Å². The number of hydrogen-bond donors (Lipinski definition) is 0. The average Bonchev–Trinajstić information content (AvgIpc) is 2.39. The molecule has 3 rings (SSSR count). The number of rotatable bonds is 1. The van der Waals surface area contributed by atoms with Crippen LogP contribution in [0.15, 0.2) is 36.4 Å². The van der Waals surface area contributed by atoms with Crippen LogP contribution in [0.25, 0.3) is 22.3 Å². The summed E-state index contributed by atoms with van der Waals surface area (Å²) >= 11 is 5.95. The van der Waals surface area contributed by atoms with Gasteiger partial charge in [-0.25, -0.2) is 23.1 Å². The molecule has 0 N–H and O–H groups in total. The van der Waals surface area contributed by atoms with Gasteiger partial charge in [-0.2, -0.15) is 0 Å². The summed E-state index contributed by atoms with van der Waals surface area (Å²) in [6.45, 7) is 0. The third kappa shape index (κ3) is 2.20. The van der Waals surface area contributed by atoms with E-state index in [1.165, 1.54) is 24.3 Å². The molecule has 0 atom stereocenters. The van der Waals surface area contributed by atoms with Crippen molar-refractivity contribution in [3.8, 4) is 11.4 Å². The molecule has 2 nitrogen and oxygen atoms in total. The maximum Gasteiger partial charge on any atom is 0.164 e. The first kappa shape index (κ1) is 12.9. The molecule has 1 aromatic heterocycles. The summed E-state index contributed by atoms with van der Waals surface area (Å²) in [5.41, 5.74) is 0.407. The molecule has 0 bridgehead atoms. The van der Waals surface area contributed by atoms with Gasteiger partial charge in [0.1, 0.15) is 22.6 Å². The number of benzene rings is 2. The average molecular weight is 295 g/mol. The normalized spacial score (nSPS) is 11.0. The Kier molecular flexibility index (Phi) is 3.06. The summed E-state index contributed by atoms with van der Waals surface area (Å²) in [6, 6.07) is 6.90. The van der Waals surface area contributed by atoms with Gasteiger partial charge in [-0.1, -0.05) is 11.6 Å². The Labute approximate surface area is 116 Å². The minimum absolute atomic E-state index is 0.00762. The second-order valence-electron chi connectivity index (χ2n) is 4.12. The molecule has 0 amide bonds. The van der Waals surface area contributed by atoms with Crippen LogP contribution in [0.5, 0.6) is 0 Å². The number of hydrogen-bond acceptors (Lipinski definition) is 2. The van der Waals surface area contributed by atoms with E-state index >= 15 is 0 Å². The highest BCUT2D eigenvalue weighted by molar-refractivity contribution is 6.34. The molecule has 0 spiro atoms. The lowest BCUT2D eigenvalue weighted by molar-refractivity contribution is 0.585. The van der Waals surface area contributed by atoms with E-state index < -0.39 is 17.5 Å². The van der Waals surface area contributed by atoms with Gasteiger partial charge in [-0.05, 0) is 30.3 Å². The molecule has 0 aliphatic heterocycles. The van der Waals surface area contributed by atoms with E-state index in [-0.39, 0.29) is 16.5 Å². The highest BCUT2D eigenvalue weighted by Crippen LogP contribution is 2.27. The largest absolute Gasteiger partial charge is 0.228 e. The summed E-state index contributed by atoms with van der Waals surface area (Å²) in [4.78, 5) is 8.04. The molecule has 0 radical (unpaired) electrons. The molecule has 1 heterocycles. The molecule has 20 heavy (non-hydrogen) atoms. The summed E-state index contributed by atoms with van der Waals surface area (Å²) in [5.74, 6) is -1.93. The molecular weight excluding hydrogens is 289 g/mol. The SMILES string of the molecule is Fc1ccc(-c2nc(Cl)c3cc(F)ccc3n2)c(F)c1. The van der Waals surface area contributed by atoms with Crippen LogP contribution in [0.3, 0.4) is 0 Å². The summed E-state index contributed by atoms with van der Waals surface area (Å²) < 4.78 is 39.7. The predicted octanol–water partition coefficient (Wildman–Crippen LogP) is 4.37. The Morgan fingerprint density at radius 1 is 0.850 bits per heavy atom. The molecule has 6 heteroatoms. The van der Waals surface area contributed by atoms with Gasteiger partial charge in [-0.3, -0.25) is 0 Å². The number of fused-ring (bicyclic) bond motifs is 1. The van der Waals surface area contributed by atoms with Crippen LogP contribution in [0.4, 0.5) is 13.2 Å². The smallest absolute Gasteiger partial charge is 0.164 e. The lowest BCUT2D eigenvalue weighted by Gasteiger charge is -2.05. The Bertz CT molecular complexity index is 821. The monoisotopic (exact) mass is 294 g/mol. The lowest BCUT2D eigenvalue weighted by Crippen LogP contribution is -1.95. The van der Waals surface area contributed by atoms with Gasteiger partial charge in [0.25, 0.3) is 0 Å². The fraction of sp³-hybridized carbons (Fsp3) is 0. The molecule has 0 saturated heterocycles. The standard InChI is InChI=1S/C14H6ClF3N2/c15-13-10-5-7(16)2-4-12(10)19-14(20-13)9-3-1-8(17)6-11(9)18/h1-6H. The van der Waals surface area contributed by atoms with Crippen LogP contribution in [0.2, 0.25) is 5.15 Å². The second-order valence-corrected chi connectivity index (χ2v) is 4.48. The third-order valence-electron chi connectivity index (χ3n) is 2.78. The Balaban J connectivity index is 2.24. The van der Waals surface area contributed by atoms with Crippen molar-refractivity contribution < 1.29 is 13.2 Å². The van der Waals surface area contributed by atoms with Crippen molar-refractivity contribution in [3.05, 3.63) is 59.0 Å². The molecule has 3 aromatic rings. The molecule has 0 aliphatic rings. The van der Waals surface area contributed by atoms with Gasteiger partial charge in [0.2, 0.25) is 0 Å². The van der Waals surface area contributed by atoms with Crippen molar-refractivity contribution in [1.82, 2.24) is 9.97 Å². The fourth-order valence-electron chi connectivity index (χ4n) is 1.85. The molecule has 0 fully saturated rings. The van der Waals surface area contributed by atoms with Crippen molar-refractivity contribution >= 4 is 22.5 Å². The Morgan fingerprint density at radius 3 is 2.30 bits per heavy atom. The van der Waals surface area contributed by atoms with Crippen LogP contribution >= 0.6 is 11.6 Å². The molecular formula is C14H6ClF3N2. The lowest BCUT2D eigenvalue weighted by atomic mass is 10.1. The van der Waals surface area contributed by atoms with Crippen molar-refractivity contribution in [2.24, 2.45) is 0 Å². The zero-order valence-corrected chi connectivity index (χ0v) is 10.6. The first-order valence-corrected chi connectivity index (χ1v) is 6.00.